The lowest BCUT2D eigenvalue weighted by Gasteiger charge is -2.37. The van der Waals surface area contributed by atoms with Crippen molar-refractivity contribution >= 4 is 23.0 Å². The summed E-state index contributed by atoms with van der Waals surface area (Å²) in [5, 5.41) is 4.32. The van der Waals surface area contributed by atoms with Gasteiger partial charge in [0.05, 0.1) is 31.4 Å². The van der Waals surface area contributed by atoms with Crippen molar-refractivity contribution in [2.45, 2.75) is 0 Å². The number of nitrogens with two attached hydrogens (primary N) is 1. The second kappa shape index (κ2) is 8.10. The highest BCUT2D eigenvalue weighted by Gasteiger charge is 2.23. The van der Waals surface area contributed by atoms with E-state index in [1.54, 1.807) is 11.8 Å². The van der Waals surface area contributed by atoms with Gasteiger partial charge >= 0.3 is 0 Å². The third kappa shape index (κ3) is 3.83. The van der Waals surface area contributed by atoms with Crippen LogP contribution in [0.4, 0.5) is 23.0 Å². The van der Waals surface area contributed by atoms with Crippen LogP contribution in [0.15, 0.2) is 36.9 Å². The zero-order valence-electron chi connectivity index (χ0n) is 17.9. The number of hydrogen-bond acceptors (Lipinski definition) is 8. The third-order valence-electron chi connectivity index (χ3n) is 5.39. The van der Waals surface area contributed by atoms with Gasteiger partial charge in [-0.2, -0.15) is 5.10 Å². The Bertz CT molecular complexity index is 1010. The summed E-state index contributed by atoms with van der Waals surface area (Å²) in [5.74, 6) is 2.44. The number of nitrogen functional groups attached to an aromatic ring is 1. The fourth-order valence-electron chi connectivity index (χ4n) is 3.70. The van der Waals surface area contributed by atoms with Gasteiger partial charge in [-0.1, -0.05) is 0 Å². The molecule has 2 aromatic heterocycles. The zero-order chi connectivity index (χ0) is 21.3. The average Bonchev–Trinajstić information content (AvgIpc) is 3.20. The molecule has 4 rings (SSSR count). The quantitative estimate of drug-likeness (QED) is 0.640. The van der Waals surface area contributed by atoms with Crippen LogP contribution < -0.4 is 25.2 Å². The molecule has 0 atom stereocenters. The Balaban J connectivity index is 1.56. The molecule has 2 N–H and O–H groups in total. The van der Waals surface area contributed by atoms with E-state index >= 15 is 0 Å². The van der Waals surface area contributed by atoms with Crippen LogP contribution in [0.5, 0.6) is 5.75 Å². The van der Waals surface area contributed by atoms with E-state index in [1.807, 2.05) is 63.0 Å². The number of aryl methyl sites for hydroxylation is 1. The van der Waals surface area contributed by atoms with Crippen molar-refractivity contribution in [2.75, 3.05) is 67.8 Å². The molecular formula is C21H28N8O. The van der Waals surface area contributed by atoms with Crippen molar-refractivity contribution < 1.29 is 4.74 Å². The molecule has 9 nitrogen and oxygen atoms in total. The van der Waals surface area contributed by atoms with E-state index in [4.69, 9.17) is 10.5 Å². The normalized spacial score (nSPS) is 14.1. The fourth-order valence-corrected chi connectivity index (χ4v) is 3.70. The van der Waals surface area contributed by atoms with Crippen LogP contribution in [-0.4, -0.2) is 67.1 Å². The molecule has 1 aliphatic heterocycles. The predicted molar refractivity (Wildman–Crippen MR) is 120 cm³/mol. The molecule has 0 bridgehead atoms. The molecule has 0 unspecified atom stereocenters. The van der Waals surface area contributed by atoms with Crippen LogP contribution in [0, 0.1) is 0 Å². The highest BCUT2D eigenvalue weighted by molar-refractivity contribution is 5.83. The smallest absolute Gasteiger partial charge is 0.147 e. The zero-order valence-corrected chi connectivity index (χ0v) is 17.9. The molecule has 0 radical (unpaired) electrons. The summed E-state index contributed by atoms with van der Waals surface area (Å²) in [6, 6.07) is 4.00. The summed E-state index contributed by atoms with van der Waals surface area (Å²) in [5.41, 5.74) is 10.0. The first-order chi connectivity index (χ1) is 14.5. The first-order valence-corrected chi connectivity index (χ1v) is 9.92. The molecule has 0 spiro atoms. The highest BCUT2D eigenvalue weighted by atomic mass is 16.5. The van der Waals surface area contributed by atoms with Gasteiger partial charge in [0.25, 0.3) is 0 Å². The minimum absolute atomic E-state index is 0.620. The third-order valence-corrected chi connectivity index (χ3v) is 5.39. The van der Waals surface area contributed by atoms with Gasteiger partial charge in [-0.05, 0) is 6.07 Å². The van der Waals surface area contributed by atoms with E-state index in [0.717, 1.165) is 54.6 Å². The van der Waals surface area contributed by atoms with Crippen LogP contribution in [0.2, 0.25) is 0 Å². The molecule has 0 saturated carbocycles. The number of ether oxygens (including phenoxy) is 1. The number of piperazine rings is 1. The molecule has 3 aromatic rings. The van der Waals surface area contributed by atoms with E-state index < -0.39 is 0 Å². The number of aromatic nitrogens is 4. The van der Waals surface area contributed by atoms with Crippen LogP contribution in [0.3, 0.4) is 0 Å². The van der Waals surface area contributed by atoms with Gasteiger partial charge in [0.2, 0.25) is 0 Å². The predicted octanol–water partition coefficient (Wildman–Crippen LogP) is 1.86. The lowest BCUT2D eigenvalue weighted by atomic mass is 10.0. The first kappa shape index (κ1) is 19.8. The lowest BCUT2D eigenvalue weighted by molar-refractivity contribution is 0.417. The SMILES string of the molecule is COc1cc(N2CCN(c3cnc(N(C)C)cn3)CC2)c(-c2cnn(C)c2)cc1N. The van der Waals surface area contributed by atoms with Crippen LogP contribution >= 0.6 is 0 Å². The summed E-state index contributed by atoms with van der Waals surface area (Å²) in [6.45, 7) is 3.43. The van der Waals surface area contributed by atoms with Gasteiger partial charge < -0.3 is 25.2 Å². The van der Waals surface area contributed by atoms with Crippen molar-refractivity contribution in [2.24, 2.45) is 7.05 Å². The van der Waals surface area contributed by atoms with Gasteiger partial charge in [-0.3, -0.25) is 4.68 Å². The molecule has 0 aliphatic carbocycles. The Kier molecular flexibility index (Phi) is 5.35. The molecule has 1 aliphatic rings. The Morgan fingerprint density at radius 2 is 1.73 bits per heavy atom. The summed E-state index contributed by atoms with van der Waals surface area (Å²) in [6.07, 6.45) is 7.52. The molecule has 0 amide bonds. The average molecular weight is 409 g/mol. The summed E-state index contributed by atoms with van der Waals surface area (Å²) < 4.78 is 7.29. The molecule has 30 heavy (non-hydrogen) atoms. The van der Waals surface area contributed by atoms with E-state index in [9.17, 15) is 0 Å². The number of hydrogen-bond donors (Lipinski definition) is 1. The number of anilines is 4. The van der Waals surface area contributed by atoms with E-state index in [-0.39, 0.29) is 0 Å². The van der Waals surface area contributed by atoms with Crippen molar-refractivity contribution in [3.63, 3.8) is 0 Å². The van der Waals surface area contributed by atoms with Crippen LogP contribution in [0.1, 0.15) is 0 Å². The van der Waals surface area contributed by atoms with Gasteiger partial charge in [-0.15, -0.1) is 0 Å². The minimum Gasteiger partial charge on any atom is -0.495 e. The number of rotatable bonds is 5. The molecule has 9 heteroatoms. The molecule has 1 saturated heterocycles. The fraction of sp³-hybridized carbons (Fsp3) is 0.381. The number of methoxy groups -OCH3 is 1. The first-order valence-electron chi connectivity index (χ1n) is 9.92. The molecular weight excluding hydrogens is 380 g/mol. The summed E-state index contributed by atoms with van der Waals surface area (Å²) >= 11 is 0. The summed E-state index contributed by atoms with van der Waals surface area (Å²) in [7, 11) is 7.48. The van der Waals surface area contributed by atoms with E-state index in [1.165, 1.54) is 0 Å². The topological polar surface area (TPSA) is 88.6 Å². The number of benzene rings is 1. The monoisotopic (exact) mass is 408 g/mol. The van der Waals surface area contributed by atoms with Gasteiger partial charge in [0.15, 0.2) is 0 Å². The van der Waals surface area contributed by atoms with Gasteiger partial charge in [0, 0.05) is 76.4 Å². The molecule has 158 valence electrons. The lowest BCUT2D eigenvalue weighted by Crippen LogP contribution is -2.47. The van der Waals surface area contributed by atoms with Gasteiger partial charge in [0.1, 0.15) is 17.4 Å². The highest BCUT2D eigenvalue weighted by Crippen LogP contribution is 2.38. The molecule has 1 fully saturated rings. The Morgan fingerprint density at radius 3 is 2.30 bits per heavy atom. The van der Waals surface area contributed by atoms with Crippen LogP contribution in [-0.2, 0) is 7.05 Å². The Labute approximate surface area is 176 Å². The largest absolute Gasteiger partial charge is 0.495 e. The maximum absolute atomic E-state index is 6.21. The van der Waals surface area contributed by atoms with E-state index in [0.29, 0.717) is 11.4 Å². The maximum Gasteiger partial charge on any atom is 0.147 e. The van der Waals surface area contributed by atoms with Crippen molar-refractivity contribution in [3.8, 4) is 16.9 Å². The second-order valence-electron chi connectivity index (χ2n) is 7.62. The standard InChI is InChI=1S/C21H28N8O/c1-26(2)20-12-24-21(13-23-20)29-7-5-28(6-8-29)18-10-19(30-4)17(22)9-16(18)15-11-25-27(3)14-15/h9-14H,5-8,22H2,1-4H3. The second-order valence-corrected chi connectivity index (χ2v) is 7.62. The Hall–Kier alpha value is -3.49. The van der Waals surface area contributed by atoms with Crippen molar-refractivity contribution in [1.82, 2.24) is 19.7 Å². The molecule has 3 heterocycles. The number of nitrogens with zero attached hydrogens (tertiary/aromatic N) is 7. The van der Waals surface area contributed by atoms with Crippen LogP contribution in [0.25, 0.3) is 11.1 Å². The maximum atomic E-state index is 6.21. The van der Waals surface area contributed by atoms with Gasteiger partial charge in [-0.25, -0.2) is 9.97 Å². The van der Waals surface area contributed by atoms with Crippen molar-refractivity contribution in [1.29, 1.82) is 0 Å². The minimum atomic E-state index is 0.620. The molecule has 1 aromatic carbocycles. The van der Waals surface area contributed by atoms with Crippen molar-refractivity contribution in [3.05, 3.63) is 36.9 Å². The Morgan fingerprint density at radius 1 is 1.00 bits per heavy atom. The summed E-state index contributed by atoms with van der Waals surface area (Å²) in [4.78, 5) is 15.6. The van der Waals surface area contributed by atoms with E-state index in [2.05, 4.69) is 24.9 Å².